The molecule has 2 aromatic rings. The van der Waals surface area contributed by atoms with Gasteiger partial charge >= 0.3 is 23.9 Å². The number of non-ortho nitro benzene ring substituents is 1. The van der Waals surface area contributed by atoms with E-state index in [1.165, 1.54) is 18.2 Å². The number of hydrogen-bond donors (Lipinski definition) is 1. The molecule has 16 heteroatoms. The van der Waals surface area contributed by atoms with Crippen LogP contribution in [0.5, 0.6) is 0 Å². The number of carbonyl (C=O) groups excluding carboxylic acids is 5. The maximum absolute atomic E-state index is 13.2. The number of carbonyl (C=O) groups is 5. The van der Waals surface area contributed by atoms with Crippen LogP contribution >= 0.6 is 11.3 Å². The summed E-state index contributed by atoms with van der Waals surface area (Å²) in [6.45, 7) is 4.12. The van der Waals surface area contributed by atoms with Crippen LogP contribution < -0.4 is 5.32 Å². The average molecular weight is 539 g/mol. The van der Waals surface area contributed by atoms with Crippen molar-refractivity contribution in [2.75, 3.05) is 5.32 Å². The van der Waals surface area contributed by atoms with Gasteiger partial charge in [-0.3, -0.25) is 39.4 Å². The Balaban J connectivity index is 1.98. The molecule has 1 amide bonds. The molecule has 0 radical (unpaired) electrons. The number of thiazole rings is 1. The van der Waals surface area contributed by atoms with Gasteiger partial charge in [-0.25, -0.2) is 4.98 Å². The Morgan fingerprint density at radius 1 is 0.919 bits per heavy atom. The molecule has 37 heavy (non-hydrogen) atoms. The highest BCUT2D eigenvalue weighted by molar-refractivity contribution is 7.22. The third-order valence-electron chi connectivity index (χ3n) is 4.75. The van der Waals surface area contributed by atoms with E-state index in [4.69, 9.17) is 23.7 Å². The molecule has 1 saturated heterocycles. The quantitative estimate of drug-likeness (QED) is 0.228. The molecule has 1 N–H and O–H groups in total. The molecule has 0 bridgehead atoms. The van der Waals surface area contributed by atoms with Crippen LogP contribution in [-0.4, -0.2) is 70.4 Å². The second-order valence-corrected chi connectivity index (χ2v) is 8.70. The molecule has 1 fully saturated rings. The van der Waals surface area contributed by atoms with E-state index in [9.17, 15) is 34.1 Å². The number of nitrogens with one attached hydrogen (secondary N) is 1. The van der Waals surface area contributed by atoms with Crippen molar-refractivity contribution in [3.8, 4) is 0 Å². The number of nitrogens with zero attached hydrogens (tertiary/aromatic N) is 2. The van der Waals surface area contributed by atoms with Gasteiger partial charge in [-0.2, -0.15) is 0 Å². The number of esters is 4. The van der Waals surface area contributed by atoms with Gasteiger partial charge in [-0.15, -0.1) is 0 Å². The minimum atomic E-state index is -1.73. The van der Waals surface area contributed by atoms with Crippen molar-refractivity contribution < 1.29 is 52.6 Å². The van der Waals surface area contributed by atoms with Crippen molar-refractivity contribution in [3.63, 3.8) is 0 Å². The average Bonchev–Trinajstić information content (AvgIpc) is 3.17. The van der Waals surface area contributed by atoms with Crippen molar-refractivity contribution in [2.24, 2.45) is 0 Å². The van der Waals surface area contributed by atoms with Crippen LogP contribution in [0.25, 0.3) is 10.2 Å². The Hall–Kier alpha value is -4.18. The van der Waals surface area contributed by atoms with E-state index in [2.05, 4.69) is 10.3 Å². The van der Waals surface area contributed by atoms with Crippen LogP contribution in [0, 0.1) is 10.1 Å². The topological polar surface area (TPSA) is 200 Å². The zero-order valence-corrected chi connectivity index (χ0v) is 20.6. The summed E-state index contributed by atoms with van der Waals surface area (Å²) in [6.07, 6.45) is -8.26. The highest BCUT2D eigenvalue weighted by atomic mass is 32.1. The van der Waals surface area contributed by atoms with Gasteiger partial charge in [0.1, 0.15) is 0 Å². The Morgan fingerprint density at radius 2 is 1.49 bits per heavy atom. The van der Waals surface area contributed by atoms with Gasteiger partial charge in [-0.1, -0.05) is 11.3 Å². The third kappa shape index (κ3) is 6.73. The van der Waals surface area contributed by atoms with Gasteiger partial charge in [0.05, 0.1) is 15.1 Å². The number of nitro benzene ring substituents is 1. The zero-order valence-electron chi connectivity index (χ0n) is 19.8. The molecular weight excluding hydrogens is 518 g/mol. The van der Waals surface area contributed by atoms with Crippen LogP contribution in [-0.2, 0) is 47.7 Å². The summed E-state index contributed by atoms with van der Waals surface area (Å²) in [7, 11) is 0. The summed E-state index contributed by atoms with van der Waals surface area (Å²) < 4.78 is 26.6. The lowest BCUT2D eigenvalue weighted by molar-refractivity contribution is -0.384. The summed E-state index contributed by atoms with van der Waals surface area (Å²) in [5, 5.41) is 13.5. The largest absolute Gasteiger partial charge is 0.455 e. The number of nitro groups is 1. The fourth-order valence-corrected chi connectivity index (χ4v) is 4.40. The molecule has 0 spiro atoms. The Bertz CT molecular complexity index is 1260. The normalized spacial score (nSPS) is 23.0. The highest BCUT2D eigenvalue weighted by Gasteiger charge is 2.55. The van der Waals surface area contributed by atoms with Crippen molar-refractivity contribution in [3.05, 3.63) is 28.3 Å². The molecule has 2 heterocycles. The van der Waals surface area contributed by atoms with Gasteiger partial charge in [0.2, 0.25) is 12.4 Å². The molecule has 0 aliphatic carbocycles. The lowest BCUT2D eigenvalue weighted by Gasteiger charge is -2.43. The molecule has 0 saturated carbocycles. The first-order chi connectivity index (χ1) is 17.3. The van der Waals surface area contributed by atoms with Gasteiger partial charge in [0.25, 0.3) is 11.6 Å². The standard InChI is InChI=1S/C21H21N3O12S/c1-8(25)32-15-16(33-9(2)26)18(34-10(3)27)20(35-11(4)28)36-17(15)19(29)23-21-22-13-6-5-12(24(30)31)7-14(13)37-21/h5-7,15-18,20H,1-4H3,(H,22,23,29)/t15-,16-,17-,18+,20+/m0/s1. The number of fused-ring (bicyclic) bond motifs is 1. The fourth-order valence-electron chi connectivity index (χ4n) is 3.50. The van der Waals surface area contributed by atoms with Crippen molar-refractivity contribution in [1.29, 1.82) is 0 Å². The molecule has 198 valence electrons. The van der Waals surface area contributed by atoms with Crippen LogP contribution in [0.15, 0.2) is 18.2 Å². The second-order valence-electron chi connectivity index (χ2n) is 7.67. The molecule has 0 unspecified atom stereocenters. The minimum Gasteiger partial charge on any atom is -0.455 e. The lowest BCUT2D eigenvalue weighted by Crippen LogP contribution is -2.64. The summed E-state index contributed by atoms with van der Waals surface area (Å²) in [4.78, 5) is 75.0. The van der Waals surface area contributed by atoms with E-state index in [-0.39, 0.29) is 10.8 Å². The van der Waals surface area contributed by atoms with Crippen LogP contribution in [0.4, 0.5) is 10.8 Å². The van der Waals surface area contributed by atoms with E-state index in [1.807, 2.05) is 0 Å². The number of amides is 1. The molecular formula is C21H21N3O12S. The maximum Gasteiger partial charge on any atom is 0.305 e. The first-order valence-electron chi connectivity index (χ1n) is 10.6. The molecule has 5 atom stereocenters. The number of hydrogen-bond acceptors (Lipinski definition) is 14. The van der Waals surface area contributed by atoms with E-state index in [1.54, 1.807) is 0 Å². The predicted molar refractivity (Wildman–Crippen MR) is 122 cm³/mol. The second kappa shape index (κ2) is 11.3. The van der Waals surface area contributed by atoms with Gasteiger partial charge in [0, 0.05) is 39.8 Å². The number of rotatable bonds is 7. The number of ether oxygens (including phenoxy) is 5. The number of aromatic nitrogens is 1. The number of anilines is 1. The maximum atomic E-state index is 13.2. The summed E-state index contributed by atoms with van der Waals surface area (Å²) in [5.41, 5.74) is 0.182. The van der Waals surface area contributed by atoms with Crippen LogP contribution in [0.3, 0.4) is 0 Å². The van der Waals surface area contributed by atoms with E-state index >= 15 is 0 Å². The monoisotopic (exact) mass is 539 g/mol. The fraction of sp³-hybridized carbons (Fsp3) is 0.429. The van der Waals surface area contributed by atoms with Gasteiger partial charge in [-0.05, 0) is 6.07 Å². The zero-order chi connectivity index (χ0) is 27.4. The SMILES string of the molecule is CC(=O)O[C@@H]1O[C@H](C(=O)Nc2nc3ccc([N+](=O)[O-])cc3s2)[C@@H](OC(C)=O)[C@H](OC(C)=O)[C@H]1OC(C)=O. The predicted octanol–water partition coefficient (Wildman–Crippen LogP) is 1.23. The molecule has 1 aliphatic heterocycles. The first-order valence-corrected chi connectivity index (χ1v) is 11.4. The highest BCUT2D eigenvalue weighted by Crippen LogP contribution is 2.32. The van der Waals surface area contributed by atoms with Crippen molar-refractivity contribution in [1.82, 2.24) is 4.98 Å². The number of benzene rings is 1. The van der Waals surface area contributed by atoms with Gasteiger partial charge < -0.3 is 23.7 Å². The first kappa shape index (κ1) is 27.4. The van der Waals surface area contributed by atoms with Crippen molar-refractivity contribution >= 4 is 62.2 Å². The summed E-state index contributed by atoms with van der Waals surface area (Å²) >= 11 is 0.917. The summed E-state index contributed by atoms with van der Waals surface area (Å²) in [6, 6.07) is 3.92. The third-order valence-corrected chi connectivity index (χ3v) is 5.69. The van der Waals surface area contributed by atoms with E-state index < -0.39 is 65.4 Å². The van der Waals surface area contributed by atoms with E-state index in [0.29, 0.717) is 10.2 Å². The molecule has 3 rings (SSSR count). The molecule has 15 nitrogen and oxygen atoms in total. The molecule has 1 aliphatic rings. The Labute approximate surface area is 212 Å². The Morgan fingerprint density at radius 3 is 2.05 bits per heavy atom. The smallest absolute Gasteiger partial charge is 0.305 e. The summed E-state index contributed by atoms with van der Waals surface area (Å²) in [5.74, 6) is -4.45. The van der Waals surface area contributed by atoms with E-state index in [0.717, 1.165) is 39.0 Å². The molecule has 1 aromatic heterocycles. The van der Waals surface area contributed by atoms with Gasteiger partial charge in [0.15, 0.2) is 23.4 Å². The minimum absolute atomic E-state index is 0.0147. The lowest BCUT2D eigenvalue weighted by atomic mass is 9.97. The Kier molecular flexibility index (Phi) is 8.34. The van der Waals surface area contributed by atoms with Crippen LogP contribution in [0.2, 0.25) is 0 Å². The molecule has 1 aromatic carbocycles. The van der Waals surface area contributed by atoms with Crippen LogP contribution in [0.1, 0.15) is 27.7 Å². The van der Waals surface area contributed by atoms with Crippen molar-refractivity contribution in [2.45, 2.75) is 58.4 Å².